The largest absolute Gasteiger partial charge is 0.490 e. The number of imidazole rings is 1. The van der Waals surface area contributed by atoms with Crippen LogP contribution in [0, 0.1) is 0 Å². The molecule has 30 heavy (non-hydrogen) atoms. The first-order chi connectivity index (χ1) is 14.0. The summed E-state index contributed by atoms with van der Waals surface area (Å²) >= 11 is 5.19. The lowest BCUT2D eigenvalue weighted by molar-refractivity contribution is -0.192. The number of nitrogens with one attached hydrogen (secondary N) is 1. The molecule has 0 spiro atoms. The monoisotopic (exact) mass is 506 g/mol. The number of halogens is 4. The van der Waals surface area contributed by atoms with Crippen LogP contribution in [0.5, 0.6) is 0 Å². The minimum absolute atomic E-state index is 0.607. The molecule has 0 saturated heterocycles. The molecule has 0 aromatic carbocycles. The van der Waals surface area contributed by atoms with Crippen LogP contribution < -0.4 is 10.2 Å². The molecule has 0 aliphatic rings. The standard InChI is InChI=1S/C15H17BrN6S.C2HF3O2/c1-21(2)15-19-9-10(22(15)3)8-18-14-17-6-4-12(20-14)13-11(16)5-7-23-13;3-2(4,5)1(6)7/h4-7,9H,8H2,1-3H3,(H,17,18,20);(H,6,7). The Morgan fingerprint density at radius 2 is 2.00 bits per heavy atom. The molecule has 0 bridgehead atoms. The van der Waals surface area contributed by atoms with Gasteiger partial charge in [-0.3, -0.25) is 0 Å². The van der Waals surface area contributed by atoms with Gasteiger partial charge in [-0.1, -0.05) is 0 Å². The van der Waals surface area contributed by atoms with Gasteiger partial charge in [0.25, 0.3) is 0 Å². The van der Waals surface area contributed by atoms with Crippen LogP contribution in [0.25, 0.3) is 10.6 Å². The van der Waals surface area contributed by atoms with Crippen molar-refractivity contribution in [3.05, 3.63) is 40.1 Å². The highest BCUT2D eigenvalue weighted by Crippen LogP contribution is 2.32. The minimum Gasteiger partial charge on any atom is -0.475 e. The maximum absolute atomic E-state index is 10.6. The Hall–Kier alpha value is -2.67. The summed E-state index contributed by atoms with van der Waals surface area (Å²) in [6, 6.07) is 3.93. The van der Waals surface area contributed by atoms with Gasteiger partial charge in [0.15, 0.2) is 0 Å². The van der Waals surface area contributed by atoms with Gasteiger partial charge in [-0.05, 0) is 33.4 Å². The van der Waals surface area contributed by atoms with Crippen molar-refractivity contribution < 1.29 is 23.1 Å². The number of hydrogen-bond acceptors (Lipinski definition) is 7. The van der Waals surface area contributed by atoms with Crippen molar-refractivity contribution in [2.75, 3.05) is 24.3 Å². The van der Waals surface area contributed by atoms with Crippen molar-refractivity contribution in [2.45, 2.75) is 12.7 Å². The summed E-state index contributed by atoms with van der Waals surface area (Å²) in [5, 5.41) is 12.4. The number of carboxylic acid groups (broad SMARTS) is 1. The molecule has 2 N–H and O–H groups in total. The first-order valence-corrected chi connectivity index (χ1v) is 9.96. The van der Waals surface area contributed by atoms with E-state index in [1.807, 2.05) is 54.3 Å². The smallest absolute Gasteiger partial charge is 0.475 e. The normalized spacial score (nSPS) is 10.9. The van der Waals surface area contributed by atoms with Crippen LogP contribution in [0.1, 0.15) is 5.69 Å². The fourth-order valence-electron chi connectivity index (χ4n) is 2.23. The second-order valence-electron chi connectivity index (χ2n) is 6.02. The molecule has 0 aliphatic carbocycles. The van der Waals surface area contributed by atoms with Gasteiger partial charge in [0.2, 0.25) is 11.9 Å². The minimum atomic E-state index is -5.08. The fourth-order valence-corrected chi connectivity index (χ4v) is 3.78. The van der Waals surface area contributed by atoms with E-state index < -0.39 is 12.1 Å². The van der Waals surface area contributed by atoms with Crippen LogP contribution in [0.4, 0.5) is 25.1 Å². The third kappa shape index (κ3) is 6.16. The van der Waals surface area contributed by atoms with Crippen LogP contribution in [-0.4, -0.2) is 50.9 Å². The topological polar surface area (TPSA) is 96.2 Å². The highest BCUT2D eigenvalue weighted by atomic mass is 79.9. The van der Waals surface area contributed by atoms with E-state index in [9.17, 15) is 13.2 Å². The first-order valence-electron chi connectivity index (χ1n) is 8.29. The van der Waals surface area contributed by atoms with E-state index in [4.69, 9.17) is 9.90 Å². The quantitative estimate of drug-likeness (QED) is 0.539. The van der Waals surface area contributed by atoms with Crippen molar-refractivity contribution in [3.8, 4) is 10.6 Å². The molecule has 0 aliphatic heterocycles. The number of carboxylic acids is 1. The number of nitrogens with zero attached hydrogens (tertiary/aromatic N) is 5. The molecule has 3 rings (SSSR count). The molecule has 13 heteroatoms. The maximum Gasteiger partial charge on any atom is 0.490 e. The van der Waals surface area contributed by atoms with E-state index in [0.29, 0.717) is 12.5 Å². The highest BCUT2D eigenvalue weighted by molar-refractivity contribution is 9.10. The van der Waals surface area contributed by atoms with Crippen LogP contribution in [0.15, 0.2) is 34.4 Å². The second kappa shape index (κ2) is 9.89. The molecule has 3 aromatic rings. The molecule has 0 saturated carbocycles. The zero-order chi connectivity index (χ0) is 22.5. The lowest BCUT2D eigenvalue weighted by Gasteiger charge is -2.13. The Kier molecular flexibility index (Phi) is 7.78. The summed E-state index contributed by atoms with van der Waals surface area (Å²) in [4.78, 5) is 25.3. The molecular weight excluding hydrogens is 489 g/mol. The van der Waals surface area contributed by atoms with Crippen LogP contribution >= 0.6 is 27.3 Å². The summed E-state index contributed by atoms with van der Waals surface area (Å²) in [7, 11) is 5.95. The number of hydrogen-bond donors (Lipinski definition) is 2. The Morgan fingerprint density at radius 1 is 1.33 bits per heavy atom. The van der Waals surface area contributed by atoms with Gasteiger partial charge in [-0.15, -0.1) is 11.3 Å². The molecule has 162 valence electrons. The molecule has 3 aromatic heterocycles. The number of carbonyl (C=O) groups is 1. The molecule has 0 radical (unpaired) electrons. The Bertz CT molecular complexity index is 1010. The van der Waals surface area contributed by atoms with Crippen molar-refractivity contribution in [2.24, 2.45) is 7.05 Å². The molecule has 0 unspecified atom stereocenters. The van der Waals surface area contributed by atoms with Crippen LogP contribution in [-0.2, 0) is 18.4 Å². The van der Waals surface area contributed by atoms with Gasteiger partial charge in [0, 0.05) is 31.8 Å². The molecule has 0 atom stereocenters. The summed E-state index contributed by atoms with van der Waals surface area (Å²) in [5.74, 6) is -1.23. The summed E-state index contributed by atoms with van der Waals surface area (Å²) in [6.45, 7) is 0.617. The van der Waals surface area contributed by atoms with E-state index in [0.717, 1.165) is 26.7 Å². The number of rotatable bonds is 5. The lowest BCUT2D eigenvalue weighted by atomic mass is 10.3. The Labute approximate surface area is 182 Å². The van der Waals surface area contributed by atoms with Gasteiger partial charge < -0.3 is 19.9 Å². The van der Waals surface area contributed by atoms with Crippen molar-refractivity contribution in [3.63, 3.8) is 0 Å². The van der Waals surface area contributed by atoms with Crippen LogP contribution in [0.3, 0.4) is 0 Å². The van der Waals surface area contributed by atoms with Crippen molar-refractivity contribution in [1.82, 2.24) is 19.5 Å². The predicted octanol–water partition coefficient (Wildman–Crippen LogP) is 4.01. The van der Waals surface area contributed by atoms with E-state index in [2.05, 4.69) is 36.2 Å². The maximum atomic E-state index is 10.6. The first kappa shape index (κ1) is 23.6. The number of anilines is 2. The average molecular weight is 507 g/mol. The number of aliphatic carboxylic acids is 1. The van der Waals surface area contributed by atoms with Gasteiger partial charge in [0.05, 0.1) is 29.0 Å². The molecule has 0 fully saturated rings. The number of alkyl halides is 3. The average Bonchev–Trinajstić information content (AvgIpc) is 3.25. The van der Waals surface area contributed by atoms with E-state index in [1.54, 1.807) is 17.5 Å². The van der Waals surface area contributed by atoms with E-state index in [1.165, 1.54) is 0 Å². The van der Waals surface area contributed by atoms with Gasteiger partial charge in [0.1, 0.15) is 0 Å². The van der Waals surface area contributed by atoms with Crippen molar-refractivity contribution >= 4 is 45.1 Å². The predicted molar refractivity (Wildman–Crippen MR) is 112 cm³/mol. The van der Waals surface area contributed by atoms with E-state index >= 15 is 0 Å². The summed E-state index contributed by atoms with van der Waals surface area (Å²) in [6.07, 6.45) is -1.45. The highest BCUT2D eigenvalue weighted by Gasteiger charge is 2.38. The molecule has 8 nitrogen and oxygen atoms in total. The third-order valence-electron chi connectivity index (χ3n) is 3.64. The summed E-state index contributed by atoms with van der Waals surface area (Å²) < 4.78 is 34.8. The zero-order valence-electron chi connectivity index (χ0n) is 16.1. The zero-order valence-corrected chi connectivity index (χ0v) is 18.5. The van der Waals surface area contributed by atoms with Gasteiger partial charge in [-0.2, -0.15) is 13.2 Å². The fraction of sp³-hybridized carbons (Fsp3) is 0.294. The summed E-state index contributed by atoms with van der Waals surface area (Å²) in [5.41, 5.74) is 1.98. The van der Waals surface area contributed by atoms with E-state index in [-0.39, 0.29) is 0 Å². The van der Waals surface area contributed by atoms with Gasteiger partial charge >= 0.3 is 12.1 Å². The van der Waals surface area contributed by atoms with Gasteiger partial charge in [-0.25, -0.2) is 19.7 Å². The number of aromatic nitrogens is 4. The Morgan fingerprint density at radius 3 is 2.50 bits per heavy atom. The second-order valence-corrected chi connectivity index (χ2v) is 7.79. The molecule has 3 heterocycles. The Balaban J connectivity index is 0.000000396. The lowest BCUT2D eigenvalue weighted by Crippen LogP contribution is -2.21. The third-order valence-corrected chi connectivity index (χ3v) is 5.50. The van der Waals surface area contributed by atoms with Crippen molar-refractivity contribution in [1.29, 1.82) is 0 Å². The molecule has 0 amide bonds. The number of thiophene rings is 1. The van der Waals surface area contributed by atoms with Crippen LogP contribution in [0.2, 0.25) is 0 Å². The SMILES string of the molecule is CN(C)c1ncc(CNc2nccc(-c3sccc3Br)n2)n1C.O=C(O)C(F)(F)F. The molecular formula is C17H18BrF3N6O2S.